The van der Waals surface area contributed by atoms with Gasteiger partial charge in [0.1, 0.15) is 0 Å². The number of rotatable bonds is 5. The smallest absolute Gasteiger partial charge is 0.173 e. The van der Waals surface area contributed by atoms with E-state index in [0.29, 0.717) is 5.75 Å². The van der Waals surface area contributed by atoms with Crippen molar-refractivity contribution in [3.8, 4) is 0 Å². The summed E-state index contributed by atoms with van der Waals surface area (Å²) < 4.78 is 1.05. The van der Waals surface area contributed by atoms with Gasteiger partial charge in [0.25, 0.3) is 0 Å². The third-order valence-electron chi connectivity index (χ3n) is 3.98. The molecule has 0 atom stereocenters. The number of thioether (sulfide) groups is 1. The molecule has 3 rings (SSSR count). The normalized spacial score (nSPS) is 14.7. The van der Waals surface area contributed by atoms with E-state index in [2.05, 4.69) is 28.1 Å². The molecule has 0 bridgehead atoms. The Morgan fingerprint density at radius 1 is 1.14 bits per heavy atom. The van der Waals surface area contributed by atoms with Crippen LogP contribution in [0.25, 0.3) is 0 Å². The van der Waals surface area contributed by atoms with E-state index in [1.54, 1.807) is 11.8 Å². The van der Waals surface area contributed by atoms with Gasteiger partial charge in [-0.1, -0.05) is 52.7 Å². The van der Waals surface area contributed by atoms with Crippen molar-refractivity contribution in [2.45, 2.75) is 30.1 Å². The Kier molecular flexibility index (Phi) is 4.81. The highest BCUT2D eigenvalue weighted by Crippen LogP contribution is 2.36. The van der Waals surface area contributed by atoms with Gasteiger partial charge in [0, 0.05) is 14.9 Å². The van der Waals surface area contributed by atoms with Crippen LogP contribution in [0.4, 0.5) is 0 Å². The molecule has 0 unspecified atom stereocenters. The number of halogens is 1. The maximum absolute atomic E-state index is 12.2. The summed E-state index contributed by atoms with van der Waals surface area (Å²) >= 11 is 5.03. The molecule has 3 heteroatoms. The maximum atomic E-state index is 12.2. The minimum absolute atomic E-state index is 0.195. The molecule has 1 aliphatic carbocycles. The summed E-state index contributed by atoms with van der Waals surface area (Å²) in [4.78, 5) is 13.3. The number of benzene rings is 2. The lowest BCUT2D eigenvalue weighted by atomic mass is 9.80. The lowest BCUT2D eigenvalue weighted by molar-refractivity contribution is 0.102. The van der Waals surface area contributed by atoms with Gasteiger partial charge in [0.15, 0.2) is 5.78 Å². The van der Waals surface area contributed by atoms with Crippen molar-refractivity contribution in [3.63, 3.8) is 0 Å². The number of ketones is 1. The van der Waals surface area contributed by atoms with E-state index in [4.69, 9.17) is 0 Å². The Bertz CT molecular complexity index is 632. The van der Waals surface area contributed by atoms with Crippen molar-refractivity contribution in [2.75, 3.05) is 5.75 Å². The summed E-state index contributed by atoms with van der Waals surface area (Å²) in [6.07, 6.45) is 3.94. The van der Waals surface area contributed by atoms with Gasteiger partial charge in [-0.3, -0.25) is 4.79 Å². The molecule has 2 aromatic carbocycles. The highest BCUT2D eigenvalue weighted by Gasteiger charge is 2.19. The molecular weight excluding hydrogens is 344 g/mol. The number of carbonyl (C=O) groups excluding carboxylic acids is 1. The predicted octanol–water partition coefficient (Wildman–Crippen LogP) is 5.69. The van der Waals surface area contributed by atoms with E-state index < -0.39 is 0 Å². The van der Waals surface area contributed by atoms with Crippen LogP contribution in [0.2, 0.25) is 0 Å². The summed E-state index contributed by atoms with van der Waals surface area (Å²) in [5.41, 5.74) is 2.21. The zero-order chi connectivity index (χ0) is 14.7. The van der Waals surface area contributed by atoms with Crippen molar-refractivity contribution < 1.29 is 4.79 Å². The molecule has 0 spiro atoms. The van der Waals surface area contributed by atoms with Crippen LogP contribution in [0.1, 0.15) is 41.1 Å². The quantitative estimate of drug-likeness (QED) is 0.503. The summed E-state index contributed by atoms with van der Waals surface area (Å²) in [5.74, 6) is 1.41. The van der Waals surface area contributed by atoms with Gasteiger partial charge in [0.05, 0.1) is 5.75 Å². The molecule has 0 aliphatic heterocycles. The topological polar surface area (TPSA) is 17.1 Å². The number of hydrogen-bond acceptors (Lipinski definition) is 2. The average Bonchev–Trinajstić information content (AvgIpc) is 2.44. The lowest BCUT2D eigenvalue weighted by Gasteiger charge is -2.25. The molecule has 0 radical (unpaired) electrons. The summed E-state index contributed by atoms with van der Waals surface area (Å²) in [6, 6.07) is 16.3. The number of carbonyl (C=O) groups is 1. The number of hydrogen-bond donors (Lipinski definition) is 0. The van der Waals surface area contributed by atoms with E-state index in [0.717, 1.165) is 20.8 Å². The monoisotopic (exact) mass is 360 g/mol. The molecule has 0 saturated heterocycles. The second kappa shape index (κ2) is 6.80. The molecule has 0 heterocycles. The molecule has 2 aromatic rings. The van der Waals surface area contributed by atoms with Crippen molar-refractivity contribution in [2.24, 2.45) is 0 Å². The first kappa shape index (κ1) is 14.9. The first-order chi connectivity index (χ1) is 10.2. The zero-order valence-corrected chi connectivity index (χ0v) is 14.1. The largest absolute Gasteiger partial charge is 0.293 e. The van der Waals surface area contributed by atoms with Gasteiger partial charge in [-0.15, -0.1) is 11.8 Å². The van der Waals surface area contributed by atoms with Crippen molar-refractivity contribution in [3.05, 3.63) is 64.1 Å². The molecular formula is C18H17BrOS. The van der Waals surface area contributed by atoms with E-state index >= 15 is 0 Å². The van der Waals surface area contributed by atoms with Crippen LogP contribution in [0, 0.1) is 0 Å². The lowest BCUT2D eigenvalue weighted by Crippen LogP contribution is -2.09. The molecule has 1 saturated carbocycles. The molecule has 0 N–H and O–H groups in total. The SMILES string of the molecule is O=C(CSc1cccc(Br)c1)c1ccc(C2CCC2)cc1. The highest BCUT2D eigenvalue weighted by atomic mass is 79.9. The minimum Gasteiger partial charge on any atom is -0.293 e. The third-order valence-corrected chi connectivity index (χ3v) is 5.46. The third kappa shape index (κ3) is 3.78. The summed E-state index contributed by atoms with van der Waals surface area (Å²) in [6.45, 7) is 0. The number of Topliss-reactive ketones (excluding diaryl/α,β-unsaturated/α-hetero) is 1. The van der Waals surface area contributed by atoms with Crippen molar-refractivity contribution in [1.29, 1.82) is 0 Å². The Hall–Kier alpha value is -1.06. The van der Waals surface area contributed by atoms with Crippen LogP contribution >= 0.6 is 27.7 Å². The highest BCUT2D eigenvalue weighted by molar-refractivity contribution is 9.10. The fraction of sp³-hybridized carbons (Fsp3) is 0.278. The second-order valence-electron chi connectivity index (χ2n) is 5.42. The molecule has 1 nitrogen and oxygen atoms in total. The van der Waals surface area contributed by atoms with Crippen LogP contribution in [0.3, 0.4) is 0 Å². The molecule has 1 aliphatic rings. The van der Waals surface area contributed by atoms with Crippen LogP contribution in [0.5, 0.6) is 0 Å². The Morgan fingerprint density at radius 2 is 1.90 bits per heavy atom. The molecule has 0 amide bonds. The molecule has 108 valence electrons. The Labute approximate surface area is 138 Å². The van der Waals surface area contributed by atoms with Crippen LogP contribution < -0.4 is 0 Å². The van der Waals surface area contributed by atoms with Gasteiger partial charge in [-0.25, -0.2) is 0 Å². The van der Waals surface area contributed by atoms with Gasteiger partial charge in [0.2, 0.25) is 0 Å². The predicted molar refractivity (Wildman–Crippen MR) is 92.2 cm³/mol. The summed E-state index contributed by atoms with van der Waals surface area (Å²) in [5, 5.41) is 0. The standard InChI is InChI=1S/C18H17BrOS/c19-16-5-2-6-17(11-16)21-12-18(20)15-9-7-14(8-10-15)13-3-1-4-13/h2,5-11,13H,1,3-4,12H2. The maximum Gasteiger partial charge on any atom is 0.173 e. The average molecular weight is 361 g/mol. The Morgan fingerprint density at radius 3 is 2.52 bits per heavy atom. The van der Waals surface area contributed by atoms with E-state index in [-0.39, 0.29) is 5.78 Å². The first-order valence-electron chi connectivity index (χ1n) is 7.24. The van der Waals surface area contributed by atoms with Gasteiger partial charge >= 0.3 is 0 Å². The van der Waals surface area contributed by atoms with Crippen molar-refractivity contribution >= 4 is 33.5 Å². The first-order valence-corrected chi connectivity index (χ1v) is 9.02. The summed E-state index contributed by atoms with van der Waals surface area (Å²) in [7, 11) is 0. The van der Waals surface area contributed by atoms with Crippen LogP contribution in [0.15, 0.2) is 57.9 Å². The van der Waals surface area contributed by atoms with E-state index in [1.807, 2.05) is 36.4 Å². The van der Waals surface area contributed by atoms with E-state index in [1.165, 1.54) is 24.8 Å². The van der Waals surface area contributed by atoms with Gasteiger partial charge in [-0.05, 0) is 42.5 Å². The molecule has 21 heavy (non-hydrogen) atoms. The minimum atomic E-state index is 0.195. The zero-order valence-electron chi connectivity index (χ0n) is 11.7. The second-order valence-corrected chi connectivity index (χ2v) is 7.38. The van der Waals surface area contributed by atoms with Gasteiger partial charge < -0.3 is 0 Å². The molecule has 1 fully saturated rings. The fourth-order valence-corrected chi connectivity index (χ4v) is 3.87. The fourth-order valence-electron chi connectivity index (χ4n) is 2.47. The van der Waals surface area contributed by atoms with E-state index in [9.17, 15) is 4.79 Å². The molecule has 0 aromatic heterocycles. The van der Waals surface area contributed by atoms with Crippen LogP contribution in [-0.4, -0.2) is 11.5 Å². The van der Waals surface area contributed by atoms with Crippen LogP contribution in [-0.2, 0) is 0 Å². The Balaban J connectivity index is 1.59. The van der Waals surface area contributed by atoms with Gasteiger partial charge in [-0.2, -0.15) is 0 Å². The van der Waals surface area contributed by atoms with Crippen molar-refractivity contribution in [1.82, 2.24) is 0 Å².